The predicted molar refractivity (Wildman–Crippen MR) is 56.7 cm³/mol. The van der Waals surface area contributed by atoms with Crippen LogP contribution in [0.15, 0.2) is 0 Å². The molecule has 0 aliphatic rings. The van der Waals surface area contributed by atoms with Crippen molar-refractivity contribution in [1.29, 1.82) is 0 Å². The van der Waals surface area contributed by atoms with Crippen molar-refractivity contribution < 1.29 is 19.8 Å². The van der Waals surface area contributed by atoms with Gasteiger partial charge in [0.05, 0.1) is 0 Å². The van der Waals surface area contributed by atoms with Gasteiger partial charge in [0, 0.05) is 0 Å². The van der Waals surface area contributed by atoms with E-state index in [1.54, 1.807) is 20.8 Å². The third kappa shape index (κ3) is 2.49. The van der Waals surface area contributed by atoms with Crippen molar-refractivity contribution in [2.45, 2.75) is 47.0 Å². The Morgan fingerprint density at radius 2 is 1.47 bits per heavy atom. The van der Waals surface area contributed by atoms with Crippen LogP contribution in [-0.4, -0.2) is 22.2 Å². The van der Waals surface area contributed by atoms with Crippen LogP contribution in [0.2, 0.25) is 0 Å². The summed E-state index contributed by atoms with van der Waals surface area (Å²) in [6.07, 6.45) is 1.58. The fourth-order valence-electron chi connectivity index (χ4n) is 1.76. The van der Waals surface area contributed by atoms with E-state index >= 15 is 0 Å². The maximum atomic E-state index is 11.2. The van der Waals surface area contributed by atoms with Crippen LogP contribution in [0.25, 0.3) is 0 Å². The summed E-state index contributed by atoms with van der Waals surface area (Å²) in [4.78, 5) is 22.5. The molecule has 0 heterocycles. The molecule has 0 aliphatic carbocycles. The smallest absolute Gasteiger partial charge is 0.321 e. The minimum Gasteiger partial charge on any atom is -0.480 e. The zero-order chi connectivity index (χ0) is 12.3. The standard InChI is InChI=1S/C11H20O4/c1-5-6-7-11(8(12)13,9(14)15)10(2,3)4/h5-7H2,1-4H3,(H,12,13)(H,14,15). The first kappa shape index (κ1) is 13.9. The molecular weight excluding hydrogens is 196 g/mol. The number of carboxylic acid groups (broad SMARTS) is 2. The molecule has 0 rings (SSSR count). The van der Waals surface area contributed by atoms with Crippen molar-refractivity contribution in [3.05, 3.63) is 0 Å². The number of carbonyl (C=O) groups is 2. The van der Waals surface area contributed by atoms with Gasteiger partial charge >= 0.3 is 11.9 Å². The summed E-state index contributed by atoms with van der Waals surface area (Å²) in [6.45, 7) is 6.89. The molecule has 0 unspecified atom stereocenters. The lowest BCUT2D eigenvalue weighted by Crippen LogP contribution is -2.49. The van der Waals surface area contributed by atoms with E-state index in [0.29, 0.717) is 6.42 Å². The summed E-state index contributed by atoms with van der Waals surface area (Å²) in [7, 11) is 0. The molecule has 0 aromatic rings. The van der Waals surface area contributed by atoms with Crippen molar-refractivity contribution in [1.82, 2.24) is 0 Å². The third-order valence-corrected chi connectivity index (χ3v) is 2.92. The summed E-state index contributed by atoms with van der Waals surface area (Å²) in [5.41, 5.74) is -2.47. The summed E-state index contributed by atoms with van der Waals surface area (Å²) in [6, 6.07) is 0. The molecule has 0 saturated carbocycles. The number of carboxylic acids is 2. The molecule has 4 heteroatoms. The van der Waals surface area contributed by atoms with Gasteiger partial charge in [-0.2, -0.15) is 0 Å². The molecule has 0 amide bonds. The first-order valence-electron chi connectivity index (χ1n) is 5.17. The SMILES string of the molecule is CCCCC(C(=O)O)(C(=O)O)C(C)(C)C. The van der Waals surface area contributed by atoms with Crippen LogP contribution in [0, 0.1) is 10.8 Å². The second-order valence-corrected chi connectivity index (χ2v) is 4.87. The molecule has 0 bridgehead atoms. The van der Waals surface area contributed by atoms with Crippen molar-refractivity contribution in [3.8, 4) is 0 Å². The zero-order valence-corrected chi connectivity index (χ0v) is 9.83. The molecule has 0 spiro atoms. The Morgan fingerprint density at radius 1 is 1.07 bits per heavy atom. The highest BCUT2D eigenvalue weighted by atomic mass is 16.4. The Bertz CT molecular complexity index is 236. The van der Waals surface area contributed by atoms with Crippen LogP contribution in [0.1, 0.15) is 47.0 Å². The van der Waals surface area contributed by atoms with Crippen LogP contribution in [0.5, 0.6) is 0 Å². The minimum absolute atomic E-state index is 0.178. The molecule has 88 valence electrons. The Hall–Kier alpha value is -1.06. The molecule has 4 nitrogen and oxygen atoms in total. The monoisotopic (exact) mass is 216 g/mol. The molecule has 0 atom stereocenters. The van der Waals surface area contributed by atoms with E-state index in [4.69, 9.17) is 0 Å². The van der Waals surface area contributed by atoms with E-state index in [0.717, 1.165) is 6.42 Å². The summed E-state index contributed by atoms with van der Waals surface area (Å²) in [5.74, 6) is -2.48. The van der Waals surface area contributed by atoms with E-state index in [1.165, 1.54) is 0 Å². The highest BCUT2D eigenvalue weighted by molar-refractivity contribution is 5.99. The van der Waals surface area contributed by atoms with Crippen molar-refractivity contribution in [3.63, 3.8) is 0 Å². The average molecular weight is 216 g/mol. The first-order chi connectivity index (χ1) is 6.70. The van der Waals surface area contributed by atoms with Crippen LogP contribution < -0.4 is 0 Å². The number of unbranched alkanes of at least 4 members (excludes halogenated alkanes) is 1. The van der Waals surface area contributed by atoms with E-state index in [-0.39, 0.29) is 6.42 Å². The van der Waals surface area contributed by atoms with Crippen LogP contribution >= 0.6 is 0 Å². The molecule has 0 aromatic carbocycles. The van der Waals surface area contributed by atoms with Gasteiger partial charge in [0.1, 0.15) is 0 Å². The van der Waals surface area contributed by atoms with Gasteiger partial charge in [0.15, 0.2) is 5.41 Å². The molecule has 0 aromatic heterocycles. The lowest BCUT2D eigenvalue weighted by Gasteiger charge is -2.37. The molecule has 0 radical (unpaired) electrons. The van der Waals surface area contributed by atoms with Gasteiger partial charge in [0.2, 0.25) is 0 Å². The normalized spacial score (nSPS) is 12.5. The Kier molecular flexibility index (Phi) is 4.31. The maximum Gasteiger partial charge on any atom is 0.321 e. The number of hydrogen-bond donors (Lipinski definition) is 2. The molecule has 0 aliphatic heterocycles. The lowest BCUT2D eigenvalue weighted by molar-refractivity contribution is -0.174. The predicted octanol–water partition coefficient (Wildman–Crippen LogP) is 2.38. The number of hydrogen-bond acceptors (Lipinski definition) is 2. The van der Waals surface area contributed by atoms with Crippen molar-refractivity contribution in [2.75, 3.05) is 0 Å². The van der Waals surface area contributed by atoms with Gasteiger partial charge in [-0.15, -0.1) is 0 Å². The lowest BCUT2D eigenvalue weighted by atomic mass is 9.64. The minimum atomic E-state index is -1.68. The second kappa shape index (κ2) is 4.64. The van der Waals surface area contributed by atoms with Gasteiger partial charge in [-0.25, -0.2) is 0 Å². The topological polar surface area (TPSA) is 74.6 Å². The highest BCUT2D eigenvalue weighted by Gasteiger charge is 2.54. The van der Waals surface area contributed by atoms with Crippen LogP contribution in [-0.2, 0) is 9.59 Å². The van der Waals surface area contributed by atoms with Gasteiger partial charge in [-0.1, -0.05) is 40.5 Å². The summed E-state index contributed by atoms with van der Waals surface area (Å²) < 4.78 is 0. The first-order valence-corrected chi connectivity index (χ1v) is 5.17. The molecule has 2 N–H and O–H groups in total. The number of rotatable bonds is 5. The van der Waals surface area contributed by atoms with Crippen molar-refractivity contribution >= 4 is 11.9 Å². The van der Waals surface area contributed by atoms with Gasteiger partial charge < -0.3 is 10.2 Å². The van der Waals surface area contributed by atoms with Gasteiger partial charge in [-0.3, -0.25) is 9.59 Å². The average Bonchev–Trinajstić information content (AvgIpc) is 2.01. The second-order valence-electron chi connectivity index (χ2n) is 4.87. The third-order valence-electron chi connectivity index (χ3n) is 2.92. The fraction of sp³-hybridized carbons (Fsp3) is 0.818. The molecule has 0 saturated heterocycles. The quantitative estimate of drug-likeness (QED) is 0.692. The Labute approximate surface area is 90.3 Å². The molecule has 15 heavy (non-hydrogen) atoms. The zero-order valence-electron chi connectivity index (χ0n) is 9.83. The Balaban J connectivity index is 5.29. The van der Waals surface area contributed by atoms with E-state index in [1.807, 2.05) is 6.92 Å². The Morgan fingerprint density at radius 3 is 1.67 bits per heavy atom. The summed E-state index contributed by atoms with van der Waals surface area (Å²) >= 11 is 0. The number of aliphatic carboxylic acids is 2. The van der Waals surface area contributed by atoms with E-state index in [9.17, 15) is 19.8 Å². The van der Waals surface area contributed by atoms with Crippen molar-refractivity contribution in [2.24, 2.45) is 10.8 Å². The van der Waals surface area contributed by atoms with Gasteiger partial charge in [-0.05, 0) is 11.8 Å². The summed E-state index contributed by atoms with van der Waals surface area (Å²) in [5, 5.41) is 18.4. The fourth-order valence-corrected chi connectivity index (χ4v) is 1.76. The molecule has 0 fully saturated rings. The van der Waals surface area contributed by atoms with Gasteiger partial charge in [0.25, 0.3) is 0 Å². The van der Waals surface area contributed by atoms with Crippen LogP contribution in [0.3, 0.4) is 0 Å². The largest absolute Gasteiger partial charge is 0.480 e. The maximum absolute atomic E-state index is 11.2. The molecular formula is C11H20O4. The van der Waals surface area contributed by atoms with E-state index < -0.39 is 22.8 Å². The van der Waals surface area contributed by atoms with E-state index in [2.05, 4.69) is 0 Å². The van der Waals surface area contributed by atoms with Crippen LogP contribution in [0.4, 0.5) is 0 Å². The highest BCUT2D eigenvalue weighted by Crippen LogP contribution is 2.43.